The van der Waals surface area contributed by atoms with Gasteiger partial charge < -0.3 is 14.6 Å². The quantitative estimate of drug-likeness (QED) is 0.868. The summed E-state index contributed by atoms with van der Waals surface area (Å²) in [5.41, 5.74) is 0. The van der Waals surface area contributed by atoms with Gasteiger partial charge in [0.1, 0.15) is 11.5 Å². The number of amides is 1. The average Bonchev–Trinajstić information content (AvgIpc) is 2.73. The van der Waals surface area contributed by atoms with Gasteiger partial charge in [0.2, 0.25) is 5.91 Å². The lowest BCUT2D eigenvalue weighted by molar-refractivity contribution is -0.129. The predicted molar refractivity (Wildman–Crippen MR) is 65.6 cm³/mol. The Kier molecular flexibility index (Phi) is 3.84. The van der Waals surface area contributed by atoms with Crippen molar-refractivity contribution in [1.82, 2.24) is 10.2 Å². The van der Waals surface area contributed by atoms with Crippen LogP contribution in [0.25, 0.3) is 0 Å². The van der Waals surface area contributed by atoms with Crippen molar-refractivity contribution in [2.75, 3.05) is 13.1 Å². The zero-order valence-corrected chi connectivity index (χ0v) is 10.5. The fourth-order valence-electron chi connectivity index (χ4n) is 2.22. The molecule has 1 fully saturated rings. The van der Waals surface area contributed by atoms with Crippen molar-refractivity contribution >= 4 is 5.91 Å². The van der Waals surface area contributed by atoms with Gasteiger partial charge in [-0.25, -0.2) is 0 Å². The third-order valence-electron chi connectivity index (χ3n) is 3.30. The van der Waals surface area contributed by atoms with Gasteiger partial charge in [-0.3, -0.25) is 4.79 Å². The van der Waals surface area contributed by atoms with Gasteiger partial charge in [-0.05, 0) is 31.9 Å². The fourth-order valence-corrected chi connectivity index (χ4v) is 2.22. The van der Waals surface area contributed by atoms with E-state index in [0.717, 1.165) is 44.0 Å². The summed E-state index contributed by atoms with van der Waals surface area (Å²) in [6.45, 7) is 6.10. The highest BCUT2D eigenvalue weighted by Gasteiger charge is 2.20. The maximum Gasteiger partial charge on any atom is 0.219 e. The SMILES string of the molecule is CC(=O)N1CCC(NCc2ccc(C)o2)CC1. The third-order valence-corrected chi connectivity index (χ3v) is 3.30. The standard InChI is InChI=1S/C13H20N2O2/c1-10-3-4-13(17-10)9-14-12-5-7-15(8-6-12)11(2)16/h3-4,12,14H,5-9H2,1-2H3. The molecule has 0 atom stereocenters. The lowest BCUT2D eigenvalue weighted by Crippen LogP contribution is -2.43. The van der Waals surface area contributed by atoms with E-state index in [9.17, 15) is 4.79 Å². The van der Waals surface area contributed by atoms with Gasteiger partial charge in [-0.15, -0.1) is 0 Å². The minimum atomic E-state index is 0.185. The maximum absolute atomic E-state index is 11.2. The van der Waals surface area contributed by atoms with E-state index in [-0.39, 0.29) is 5.91 Å². The lowest BCUT2D eigenvalue weighted by atomic mass is 10.1. The van der Waals surface area contributed by atoms with Crippen LogP contribution in [0.2, 0.25) is 0 Å². The molecule has 0 saturated carbocycles. The van der Waals surface area contributed by atoms with Gasteiger partial charge in [0.15, 0.2) is 0 Å². The van der Waals surface area contributed by atoms with Crippen LogP contribution in [-0.2, 0) is 11.3 Å². The first kappa shape index (κ1) is 12.2. The van der Waals surface area contributed by atoms with Crippen molar-refractivity contribution < 1.29 is 9.21 Å². The van der Waals surface area contributed by atoms with Crippen LogP contribution in [-0.4, -0.2) is 29.9 Å². The van der Waals surface area contributed by atoms with E-state index in [4.69, 9.17) is 4.42 Å². The fraction of sp³-hybridized carbons (Fsp3) is 0.615. The number of carbonyl (C=O) groups is 1. The lowest BCUT2D eigenvalue weighted by Gasteiger charge is -2.31. The summed E-state index contributed by atoms with van der Waals surface area (Å²) in [5, 5.41) is 3.48. The van der Waals surface area contributed by atoms with E-state index >= 15 is 0 Å². The van der Waals surface area contributed by atoms with Crippen LogP contribution >= 0.6 is 0 Å². The van der Waals surface area contributed by atoms with E-state index in [1.165, 1.54) is 0 Å². The molecule has 94 valence electrons. The summed E-state index contributed by atoms with van der Waals surface area (Å²) in [5.74, 6) is 2.12. The highest BCUT2D eigenvalue weighted by atomic mass is 16.3. The molecule has 1 N–H and O–H groups in total. The van der Waals surface area contributed by atoms with Crippen LogP contribution in [0.5, 0.6) is 0 Å². The van der Waals surface area contributed by atoms with Gasteiger partial charge in [-0.2, -0.15) is 0 Å². The number of aryl methyl sites for hydroxylation is 1. The van der Waals surface area contributed by atoms with Gasteiger partial charge in [-0.1, -0.05) is 0 Å². The van der Waals surface area contributed by atoms with Gasteiger partial charge in [0, 0.05) is 26.1 Å². The van der Waals surface area contributed by atoms with Crippen molar-refractivity contribution in [2.24, 2.45) is 0 Å². The molecule has 0 aliphatic carbocycles. The smallest absolute Gasteiger partial charge is 0.219 e. The van der Waals surface area contributed by atoms with E-state index in [0.29, 0.717) is 6.04 Å². The minimum Gasteiger partial charge on any atom is -0.465 e. The van der Waals surface area contributed by atoms with Crippen LogP contribution in [0.4, 0.5) is 0 Å². The molecule has 1 aliphatic heterocycles. The molecule has 1 amide bonds. The molecule has 1 aromatic heterocycles. The molecule has 0 unspecified atom stereocenters. The number of furan rings is 1. The second-order valence-electron chi connectivity index (χ2n) is 4.67. The Morgan fingerprint density at radius 2 is 2.18 bits per heavy atom. The molecular formula is C13H20N2O2. The monoisotopic (exact) mass is 236 g/mol. The number of hydrogen-bond donors (Lipinski definition) is 1. The molecule has 4 heteroatoms. The van der Waals surface area contributed by atoms with Crippen LogP contribution < -0.4 is 5.32 Å². The number of carbonyl (C=O) groups excluding carboxylic acids is 1. The summed E-state index contributed by atoms with van der Waals surface area (Å²) in [7, 11) is 0. The van der Waals surface area contributed by atoms with Gasteiger partial charge >= 0.3 is 0 Å². The van der Waals surface area contributed by atoms with Crippen molar-refractivity contribution in [3.05, 3.63) is 23.7 Å². The number of piperidine rings is 1. The van der Waals surface area contributed by atoms with Crippen LogP contribution in [0, 0.1) is 6.92 Å². The number of likely N-dealkylation sites (tertiary alicyclic amines) is 1. The highest BCUT2D eigenvalue weighted by Crippen LogP contribution is 2.12. The largest absolute Gasteiger partial charge is 0.465 e. The molecule has 4 nitrogen and oxygen atoms in total. The van der Waals surface area contributed by atoms with Crippen LogP contribution in [0.1, 0.15) is 31.3 Å². The van der Waals surface area contributed by atoms with Gasteiger partial charge in [0.25, 0.3) is 0 Å². The first-order chi connectivity index (χ1) is 8.15. The second kappa shape index (κ2) is 5.36. The van der Waals surface area contributed by atoms with Crippen molar-refractivity contribution in [1.29, 1.82) is 0 Å². The molecule has 17 heavy (non-hydrogen) atoms. The van der Waals surface area contributed by atoms with E-state index in [2.05, 4.69) is 5.32 Å². The number of nitrogens with one attached hydrogen (secondary N) is 1. The summed E-state index contributed by atoms with van der Waals surface area (Å²) in [6, 6.07) is 4.48. The van der Waals surface area contributed by atoms with Crippen molar-refractivity contribution in [3.8, 4) is 0 Å². The maximum atomic E-state index is 11.2. The summed E-state index contributed by atoms with van der Waals surface area (Å²) < 4.78 is 5.51. The summed E-state index contributed by atoms with van der Waals surface area (Å²) >= 11 is 0. The Morgan fingerprint density at radius 1 is 1.47 bits per heavy atom. The Labute approximate surface area is 102 Å². The Balaban J connectivity index is 1.73. The molecule has 0 bridgehead atoms. The first-order valence-electron chi connectivity index (χ1n) is 6.19. The number of nitrogens with zero attached hydrogens (tertiary/aromatic N) is 1. The number of hydrogen-bond acceptors (Lipinski definition) is 3. The summed E-state index contributed by atoms with van der Waals surface area (Å²) in [6.07, 6.45) is 2.05. The van der Waals surface area contributed by atoms with E-state index in [1.54, 1.807) is 6.92 Å². The molecular weight excluding hydrogens is 216 g/mol. The molecule has 1 aliphatic rings. The first-order valence-corrected chi connectivity index (χ1v) is 6.19. The Hall–Kier alpha value is -1.29. The van der Waals surface area contributed by atoms with Gasteiger partial charge in [0.05, 0.1) is 6.54 Å². The molecule has 2 rings (SSSR count). The van der Waals surface area contributed by atoms with E-state index < -0.39 is 0 Å². The molecule has 2 heterocycles. The van der Waals surface area contributed by atoms with Crippen molar-refractivity contribution in [2.45, 2.75) is 39.3 Å². The van der Waals surface area contributed by atoms with Crippen molar-refractivity contribution in [3.63, 3.8) is 0 Å². The topological polar surface area (TPSA) is 45.5 Å². The predicted octanol–water partition coefficient (Wildman–Crippen LogP) is 1.69. The third kappa shape index (κ3) is 3.33. The highest BCUT2D eigenvalue weighted by molar-refractivity contribution is 5.73. The molecule has 1 aromatic rings. The Bertz CT molecular complexity index is 379. The van der Waals surface area contributed by atoms with Crippen LogP contribution in [0.3, 0.4) is 0 Å². The molecule has 1 saturated heterocycles. The second-order valence-corrected chi connectivity index (χ2v) is 4.67. The normalized spacial score (nSPS) is 17.4. The molecule has 0 radical (unpaired) electrons. The Morgan fingerprint density at radius 3 is 2.71 bits per heavy atom. The van der Waals surface area contributed by atoms with Crippen LogP contribution in [0.15, 0.2) is 16.5 Å². The number of rotatable bonds is 3. The molecule has 0 spiro atoms. The average molecular weight is 236 g/mol. The zero-order chi connectivity index (χ0) is 12.3. The van der Waals surface area contributed by atoms with E-state index in [1.807, 2.05) is 24.0 Å². The molecule has 0 aromatic carbocycles. The zero-order valence-electron chi connectivity index (χ0n) is 10.5. The minimum absolute atomic E-state index is 0.185. The summed E-state index contributed by atoms with van der Waals surface area (Å²) in [4.78, 5) is 13.1.